The van der Waals surface area contributed by atoms with Crippen molar-refractivity contribution in [2.24, 2.45) is 5.10 Å². The Hall–Kier alpha value is -2.99. The highest BCUT2D eigenvalue weighted by Crippen LogP contribution is 2.26. The van der Waals surface area contributed by atoms with Gasteiger partial charge in [-0.25, -0.2) is 4.98 Å². The third-order valence-electron chi connectivity index (χ3n) is 3.52. The van der Waals surface area contributed by atoms with Crippen LogP contribution in [0.4, 0.5) is 10.8 Å². The lowest BCUT2D eigenvalue weighted by Crippen LogP contribution is -2.05. The van der Waals surface area contributed by atoms with Gasteiger partial charge >= 0.3 is 0 Å². The Morgan fingerprint density at radius 1 is 1.04 bits per heavy atom. The van der Waals surface area contributed by atoms with Gasteiger partial charge in [-0.2, -0.15) is 5.10 Å². The predicted molar refractivity (Wildman–Crippen MR) is 104 cm³/mol. The van der Waals surface area contributed by atoms with Gasteiger partial charge in [-0.05, 0) is 24.6 Å². The first-order chi connectivity index (χ1) is 12.1. The molecule has 0 atom stereocenters. The van der Waals surface area contributed by atoms with E-state index in [1.54, 1.807) is 0 Å². The van der Waals surface area contributed by atoms with Gasteiger partial charge in [-0.15, -0.1) is 11.3 Å². The second kappa shape index (κ2) is 7.72. The number of hydrazone groups is 1. The molecule has 0 unspecified atom stereocenters. The van der Waals surface area contributed by atoms with Crippen LogP contribution in [0.3, 0.4) is 0 Å². The standard InChI is InChI=1S/C19H18N4OS/c1-13(15-6-4-3-5-7-15)22-23-19-21-18(12-25-19)16-8-10-17(11-9-16)20-14(2)24/h3-12H,1-2H3,(H,20,24)(H,21,23)/b22-13+. The van der Waals surface area contributed by atoms with Crippen molar-refractivity contribution in [2.45, 2.75) is 13.8 Å². The van der Waals surface area contributed by atoms with Crippen LogP contribution in [0.1, 0.15) is 19.4 Å². The number of carbonyl (C=O) groups excluding carboxylic acids is 1. The molecule has 1 amide bonds. The van der Waals surface area contributed by atoms with Crippen LogP contribution in [-0.2, 0) is 4.79 Å². The van der Waals surface area contributed by atoms with Crippen molar-refractivity contribution < 1.29 is 4.79 Å². The van der Waals surface area contributed by atoms with Crippen LogP contribution in [0, 0.1) is 0 Å². The molecule has 0 bridgehead atoms. The lowest BCUT2D eigenvalue weighted by molar-refractivity contribution is -0.114. The van der Waals surface area contributed by atoms with Crippen LogP contribution < -0.4 is 10.7 Å². The molecule has 1 heterocycles. The van der Waals surface area contributed by atoms with Crippen molar-refractivity contribution in [3.05, 3.63) is 65.5 Å². The number of nitrogens with zero attached hydrogens (tertiary/aromatic N) is 2. The fourth-order valence-electron chi connectivity index (χ4n) is 2.26. The Bertz CT molecular complexity index is 885. The summed E-state index contributed by atoms with van der Waals surface area (Å²) in [6, 6.07) is 17.6. The van der Waals surface area contributed by atoms with Crippen molar-refractivity contribution >= 4 is 33.8 Å². The molecule has 0 aliphatic carbocycles. The molecule has 6 heteroatoms. The van der Waals surface area contributed by atoms with Crippen molar-refractivity contribution in [3.8, 4) is 11.3 Å². The maximum atomic E-state index is 11.1. The third kappa shape index (κ3) is 4.51. The van der Waals surface area contributed by atoms with Gasteiger partial charge in [0.1, 0.15) is 0 Å². The molecular formula is C19H18N4OS. The molecule has 25 heavy (non-hydrogen) atoms. The van der Waals surface area contributed by atoms with E-state index in [4.69, 9.17) is 0 Å². The van der Waals surface area contributed by atoms with Gasteiger partial charge in [-0.1, -0.05) is 42.5 Å². The number of hydrogen-bond donors (Lipinski definition) is 2. The Morgan fingerprint density at radius 3 is 2.44 bits per heavy atom. The van der Waals surface area contributed by atoms with Crippen LogP contribution in [0.25, 0.3) is 11.3 Å². The molecule has 2 aromatic carbocycles. The highest BCUT2D eigenvalue weighted by atomic mass is 32.1. The summed E-state index contributed by atoms with van der Waals surface area (Å²) in [6.07, 6.45) is 0. The van der Waals surface area contributed by atoms with Gasteiger partial charge in [0.2, 0.25) is 11.0 Å². The van der Waals surface area contributed by atoms with Gasteiger partial charge in [0, 0.05) is 23.6 Å². The van der Waals surface area contributed by atoms with Gasteiger partial charge in [-0.3, -0.25) is 10.2 Å². The summed E-state index contributed by atoms with van der Waals surface area (Å²) < 4.78 is 0. The average molecular weight is 350 g/mol. The number of benzene rings is 2. The second-order valence-electron chi connectivity index (χ2n) is 5.47. The minimum absolute atomic E-state index is 0.0838. The number of rotatable bonds is 5. The molecule has 3 aromatic rings. The van der Waals surface area contributed by atoms with E-state index in [9.17, 15) is 4.79 Å². The van der Waals surface area contributed by atoms with E-state index in [1.165, 1.54) is 18.3 Å². The summed E-state index contributed by atoms with van der Waals surface area (Å²) >= 11 is 1.50. The number of amides is 1. The number of thiazole rings is 1. The number of anilines is 2. The van der Waals surface area contributed by atoms with Gasteiger partial charge in [0.25, 0.3) is 0 Å². The Morgan fingerprint density at radius 2 is 1.76 bits per heavy atom. The maximum Gasteiger partial charge on any atom is 0.221 e. The van der Waals surface area contributed by atoms with E-state index >= 15 is 0 Å². The highest BCUT2D eigenvalue weighted by molar-refractivity contribution is 7.14. The van der Waals surface area contributed by atoms with Gasteiger partial charge < -0.3 is 5.32 Å². The summed E-state index contributed by atoms with van der Waals surface area (Å²) in [5.74, 6) is -0.0838. The number of aromatic nitrogens is 1. The van der Waals surface area contributed by atoms with Crippen molar-refractivity contribution in [2.75, 3.05) is 10.7 Å². The fraction of sp³-hybridized carbons (Fsp3) is 0.105. The van der Waals surface area contributed by atoms with E-state index in [1.807, 2.05) is 66.9 Å². The van der Waals surface area contributed by atoms with Crippen LogP contribution >= 0.6 is 11.3 Å². The normalized spacial score (nSPS) is 11.2. The zero-order chi connectivity index (χ0) is 17.6. The van der Waals surface area contributed by atoms with E-state index in [0.29, 0.717) is 0 Å². The summed E-state index contributed by atoms with van der Waals surface area (Å²) in [4.78, 5) is 15.6. The minimum atomic E-state index is -0.0838. The first-order valence-electron chi connectivity index (χ1n) is 7.81. The molecular weight excluding hydrogens is 332 g/mol. The Labute approximate surface area is 150 Å². The largest absolute Gasteiger partial charge is 0.326 e. The van der Waals surface area contributed by atoms with E-state index in [0.717, 1.165) is 33.4 Å². The topological polar surface area (TPSA) is 66.4 Å². The van der Waals surface area contributed by atoms with Crippen molar-refractivity contribution in [1.29, 1.82) is 0 Å². The lowest BCUT2D eigenvalue weighted by atomic mass is 10.1. The predicted octanol–water partition coefficient (Wildman–Crippen LogP) is 4.60. The quantitative estimate of drug-likeness (QED) is 0.522. The fourth-order valence-corrected chi connectivity index (χ4v) is 2.92. The van der Waals surface area contributed by atoms with Crippen molar-refractivity contribution in [1.82, 2.24) is 4.98 Å². The first kappa shape index (κ1) is 16.9. The molecule has 3 rings (SSSR count). The molecule has 0 aliphatic heterocycles. The molecule has 0 aliphatic rings. The molecule has 1 aromatic heterocycles. The molecule has 0 fully saturated rings. The molecule has 0 spiro atoms. The molecule has 2 N–H and O–H groups in total. The SMILES string of the molecule is CC(=O)Nc1ccc(-c2csc(N/N=C(\C)c3ccccc3)n2)cc1. The van der Waals surface area contributed by atoms with E-state index in [-0.39, 0.29) is 5.91 Å². The summed E-state index contributed by atoms with van der Waals surface area (Å²) in [7, 11) is 0. The Kier molecular flexibility index (Phi) is 5.20. The minimum Gasteiger partial charge on any atom is -0.326 e. The smallest absolute Gasteiger partial charge is 0.221 e. The van der Waals surface area contributed by atoms with Crippen LogP contribution in [0.5, 0.6) is 0 Å². The molecule has 0 radical (unpaired) electrons. The monoisotopic (exact) mass is 350 g/mol. The van der Waals surface area contributed by atoms with Crippen LogP contribution in [0.2, 0.25) is 0 Å². The van der Waals surface area contributed by atoms with E-state index < -0.39 is 0 Å². The Balaban J connectivity index is 1.69. The summed E-state index contributed by atoms with van der Waals surface area (Å²) in [6.45, 7) is 3.45. The van der Waals surface area contributed by atoms with Crippen LogP contribution in [0.15, 0.2) is 65.1 Å². The molecule has 126 valence electrons. The molecule has 0 saturated heterocycles. The molecule has 5 nitrogen and oxygen atoms in total. The lowest BCUT2D eigenvalue weighted by Gasteiger charge is -2.03. The number of hydrogen-bond acceptors (Lipinski definition) is 5. The van der Waals surface area contributed by atoms with E-state index in [2.05, 4.69) is 20.8 Å². The summed E-state index contributed by atoms with van der Waals surface area (Å²) in [5, 5.41) is 9.84. The number of nitrogens with one attached hydrogen (secondary N) is 2. The van der Waals surface area contributed by atoms with Gasteiger partial charge in [0.05, 0.1) is 11.4 Å². The average Bonchev–Trinajstić information content (AvgIpc) is 3.09. The first-order valence-corrected chi connectivity index (χ1v) is 8.69. The van der Waals surface area contributed by atoms with Crippen LogP contribution in [-0.4, -0.2) is 16.6 Å². The molecule has 0 saturated carbocycles. The van der Waals surface area contributed by atoms with Crippen molar-refractivity contribution in [3.63, 3.8) is 0 Å². The van der Waals surface area contributed by atoms with Gasteiger partial charge in [0.15, 0.2) is 0 Å². The zero-order valence-corrected chi connectivity index (χ0v) is 14.8. The third-order valence-corrected chi connectivity index (χ3v) is 4.26. The maximum absolute atomic E-state index is 11.1. The highest BCUT2D eigenvalue weighted by Gasteiger charge is 2.05. The summed E-state index contributed by atoms with van der Waals surface area (Å²) in [5.41, 5.74) is 7.61. The second-order valence-corrected chi connectivity index (χ2v) is 6.33. The zero-order valence-electron chi connectivity index (χ0n) is 14.0. The number of carbonyl (C=O) groups is 1.